The third-order valence-electron chi connectivity index (χ3n) is 5.25. The van der Waals surface area contributed by atoms with Crippen molar-refractivity contribution in [1.29, 1.82) is 0 Å². The molecule has 1 aliphatic rings. The van der Waals surface area contributed by atoms with E-state index in [1.165, 1.54) is 23.5 Å². The quantitative estimate of drug-likeness (QED) is 0.417. The van der Waals surface area contributed by atoms with Gasteiger partial charge in [0.05, 0.1) is 28.3 Å². The molecule has 0 bridgehead atoms. The average Bonchev–Trinajstić information content (AvgIpc) is 3.39. The molecular weight excluding hydrogens is 458 g/mol. The first-order valence-electron chi connectivity index (χ1n) is 10.0. The molecule has 0 saturated carbocycles. The van der Waals surface area contributed by atoms with Crippen LogP contribution in [0.25, 0.3) is 11.3 Å². The summed E-state index contributed by atoms with van der Waals surface area (Å²) in [5.74, 6) is -0.709. The zero-order valence-electron chi connectivity index (χ0n) is 17.1. The number of hydrogen-bond acceptors (Lipinski definition) is 6. The summed E-state index contributed by atoms with van der Waals surface area (Å²) in [6.07, 6.45) is 0. The maximum Gasteiger partial charge on any atom is 0.263 e. The lowest BCUT2D eigenvalue weighted by molar-refractivity contribution is 0.0642. The maximum atomic E-state index is 12.8. The number of thiazole rings is 1. The number of amides is 2. The van der Waals surface area contributed by atoms with Crippen molar-refractivity contribution in [2.75, 3.05) is 4.72 Å². The van der Waals surface area contributed by atoms with E-state index in [-0.39, 0.29) is 28.4 Å². The lowest BCUT2D eigenvalue weighted by Gasteiger charge is -2.14. The number of nitrogens with one attached hydrogen (secondary N) is 1. The smallest absolute Gasteiger partial charge is 0.263 e. The number of imide groups is 1. The normalized spacial score (nSPS) is 13.3. The van der Waals surface area contributed by atoms with Crippen molar-refractivity contribution in [2.24, 2.45) is 0 Å². The Balaban J connectivity index is 1.30. The minimum Gasteiger partial charge on any atom is -0.270 e. The molecule has 0 saturated heterocycles. The van der Waals surface area contributed by atoms with Crippen LogP contribution < -0.4 is 4.72 Å². The Morgan fingerprint density at radius 3 is 2.06 bits per heavy atom. The van der Waals surface area contributed by atoms with Crippen molar-refractivity contribution in [3.05, 3.63) is 101 Å². The van der Waals surface area contributed by atoms with E-state index in [0.29, 0.717) is 22.4 Å². The van der Waals surface area contributed by atoms with Crippen LogP contribution in [0.15, 0.2) is 89.1 Å². The minimum absolute atomic E-state index is 0.0603. The highest BCUT2D eigenvalue weighted by atomic mass is 32.2. The van der Waals surface area contributed by atoms with Crippen molar-refractivity contribution >= 4 is 38.3 Å². The van der Waals surface area contributed by atoms with Crippen molar-refractivity contribution in [2.45, 2.75) is 11.4 Å². The van der Waals surface area contributed by atoms with Crippen LogP contribution in [0, 0.1) is 0 Å². The second kappa shape index (κ2) is 8.27. The zero-order chi connectivity index (χ0) is 23.0. The standard InChI is InChI=1S/C24H17N3O4S2/c28-22-19-8-4-5-9-20(19)23(29)27(22)14-16-10-12-18(13-11-16)33(30,31)26-24-25-21(15-32-24)17-6-2-1-3-7-17/h1-13,15H,14H2,(H,25,26). The Bertz CT molecular complexity index is 1430. The molecule has 3 aromatic carbocycles. The Morgan fingerprint density at radius 2 is 1.42 bits per heavy atom. The molecule has 0 aliphatic carbocycles. The summed E-state index contributed by atoms with van der Waals surface area (Å²) in [5, 5.41) is 2.06. The molecule has 0 radical (unpaired) electrons. The van der Waals surface area contributed by atoms with E-state index >= 15 is 0 Å². The molecule has 9 heteroatoms. The Morgan fingerprint density at radius 1 is 0.818 bits per heavy atom. The molecule has 0 atom stereocenters. The van der Waals surface area contributed by atoms with Gasteiger partial charge < -0.3 is 0 Å². The fourth-order valence-corrected chi connectivity index (χ4v) is 5.55. The Kier molecular flexibility index (Phi) is 5.27. The van der Waals surface area contributed by atoms with Crippen molar-refractivity contribution in [1.82, 2.24) is 9.88 Å². The third-order valence-corrected chi connectivity index (χ3v) is 7.49. The topological polar surface area (TPSA) is 96.4 Å². The molecule has 2 heterocycles. The van der Waals surface area contributed by atoms with E-state index < -0.39 is 10.0 Å². The van der Waals surface area contributed by atoms with E-state index in [1.807, 2.05) is 30.3 Å². The van der Waals surface area contributed by atoms with Gasteiger partial charge in [-0.15, -0.1) is 11.3 Å². The molecule has 1 aromatic heterocycles. The lowest BCUT2D eigenvalue weighted by Crippen LogP contribution is -2.29. The molecule has 2 amide bonds. The minimum atomic E-state index is -3.84. The SMILES string of the molecule is O=C1c2ccccc2C(=O)N1Cc1ccc(S(=O)(=O)Nc2nc(-c3ccccc3)cs2)cc1. The molecule has 0 unspecified atom stereocenters. The van der Waals surface area contributed by atoms with Gasteiger partial charge in [-0.2, -0.15) is 0 Å². The predicted octanol–water partition coefficient (Wildman–Crippen LogP) is 4.41. The Hall–Kier alpha value is -3.82. The molecule has 1 N–H and O–H groups in total. The van der Waals surface area contributed by atoms with Crippen LogP contribution in [0.1, 0.15) is 26.3 Å². The largest absolute Gasteiger partial charge is 0.270 e. The molecule has 1 aliphatic heterocycles. The number of carbonyl (C=O) groups is 2. The summed E-state index contributed by atoms with van der Waals surface area (Å²) < 4.78 is 28.1. The monoisotopic (exact) mass is 475 g/mol. The number of nitrogens with zero attached hydrogens (tertiary/aromatic N) is 2. The van der Waals surface area contributed by atoms with Crippen molar-refractivity contribution in [3.63, 3.8) is 0 Å². The second-order valence-corrected chi connectivity index (χ2v) is 9.94. The van der Waals surface area contributed by atoms with E-state index in [9.17, 15) is 18.0 Å². The third kappa shape index (κ3) is 4.04. The molecule has 5 rings (SSSR count). The first kappa shape index (κ1) is 21.0. The van der Waals surface area contributed by atoms with Crippen LogP contribution in [0.3, 0.4) is 0 Å². The van der Waals surface area contributed by atoms with E-state index in [0.717, 1.165) is 10.5 Å². The number of sulfonamides is 1. The van der Waals surface area contributed by atoms with Gasteiger partial charge in [0.2, 0.25) is 0 Å². The van der Waals surface area contributed by atoms with Gasteiger partial charge in [0.15, 0.2) is 5.13 Å². The molecule has 33 heavy (non-hydrogen) atoms. The summed E-state index contributed by atoms with van der Waals surface area (Å²) in [6, 6.07) is 22.2. The van der Waals surface area contributed by atoms with E-state index in [2.05, 4.69) is 9.71 Å². The highest BCUT2D eigenvalue weighted by Crippen LogP contribution is 2.27. The summed E-state index contributed by atoms with van der Waals surface area (Å²) >= 11 is 1.20. The molecule has 7 nitrogen and oxygen atoms in total. The van der Waals surface area contributed by atoms with Crippen molar-refractivity contribution < 1.29 is 18.0 Å². The summed E-state index contributed by atoms with van der Waals surface area (Å²) in [5.41, 5.74) is 2.99. The van der Waals surface area contributed by atoms with Crippen LogP contribution in [-0.4, -0.2) is 30.1 Å². The van der Waals surface area contributed by atoms with Crippen LogP contribution in [0.2, 0.25) is 0 Å². The predicted molar refractivity (Wildman–Crippen MR) is 125 cm³/mol. The number of fused-ring (bicyclic) bond motifs is 1. The average molecular weight is 476 g/mol. The zero-order valence-corrected chi connectivity index (χ0v) is 18.8. The van der Waals surface area contributed by atoms with Crippen LogP contribution in [-0.2, 0) is 16.6 Å². The summed E-state index contributed by atoms with van der Waals surface area (Å²) in [6.45, 7) is 0.0625. The lowest BCUT2D eigenvalue weighted by atomic mass is 10.1. The number of rotatable bonds is 6. The number of hydrogen-bond donors (Lipinski definition) is 1. The van der Waals surface area contributed by atoms with Gasteiger partial charge in [-0.3, -0.25) is 19.2 Å². The van der Waals surface area contributed by atoms with E-state index in [1.54, 1.807) is 41.8 Å². The maximum absolute atomic E-state index is 12.8. The van der Waals surface area contributed by atoms with Gasteiger partial charge >= 0.3 is 0 Å². The first-order chi connectivity index (χ1) is 15.9. The van der Waals surface area contributed by atoms with Gasteiger partial charge in [-0.1, -0.05) is 54.6 Å². The highest BCUT2D eigenvalue weighted by molar-refractivity contribution is 7.93. The van der Waals surface area contributed by atoms with Crippen LogP contribution >= 0.6 is 11.3 Å². The number of anilines is 1. The van der Waals surface area contributed by atoms with Gasteiger partial charge in [0.1, 0.15) is 0 Å². The van der Waals surface area contributed by atoms with Gasteiger partial charge in [0, 0.05) is 10.9 Å². The molecule has 0 fully saturated rings. The molecule has 0 spiro atoms. The van der Waals surface area contributed by atoms with Crippen molar-refractivity contribution in [3.8, 4) is 11.3 Å². The summed E-state index contributed by atoms with van der Waals surface area (Å²) in [7, 11) is -3.84. The molecule has 4 aromatic rings. The number of benzene rings is 3. The second-order valence-electron chi connectivity index (χ2n) is 7.40. The van der Waals surface area contributed by atoms with Crippen LogP contribution in [0.5, 0.6) is 0 Å². The van der Waals surface area contributed by atoms with Crippen LogP contribution in [0.4, 0.5) is 5.13 Å². The van der Waals surface area contributed by atoms with Gasteiger partial charge in [0.25, 0.3) is 21.8 Å². The van der Waals surface area contributed by atoms with Gasteiger partial charge in [-0.25, -0.2) is 13.4 Å². The summed E-state index contributed by atoms with van der Waals surface area (Å²) in [4.78, 5) is 30.7. The molecular formula is C24H17N3O4S2. The fraction of sp³-hybridized carbons (Fsp3) is 0.0417. The first-order valence-corrected chi connectivity index (χ1v) is 12.4. The Labute approximate surface area is 194 Å². The van der Waals surface area contributed by atoms with E-state index in [4.69, 9.17) is 0 Å². The van der Waals surface area contributed by atoms with Gasteiger partial charge in [-0.05, 0) is 29.8 Å². The fourth-order valence-electron chi connectivity index (χ4n) is 3.58. The number of carbonyl (C=O) groups excluding carboxylic acids is 2. The highest BCUT2D eigenvalue weighted by Gasteiger charge is 2.35. The number of aromatic nitrogens is 1. The molecule has 164 valence electrons.